The number of nitrogens with zero attached hydrogens (tertiary/aromatic N) is 3. The van der Waals surface area contributed by atoms with Gasteiger partial charge in [0.15, 0.2) is 0 Å². The minimum absolute atomic E-state index is 0.994. The summed E-state index contributed by atoms with van der Waals surface area (Å²) in [4.78, 5) is 14.6. The molecule has 0 spiro atoms. The van der Waals surface area contributed by atoms with Gasteiger partial charge in [-0.3, -0.25) is 4.99 Å². The van der Waals surface area contributed by atoms with Crippen molar-refractivity contribution < 1.29 is 10.3 Å². The van der Waals surface area contributed by atoms with E-state index in [0.717, 1.165) is 19.6 Å². The summed E-state index contributed by atoms with van der Waals surface area (Å²) >= 11 is 0. The molecule has 0 atom stereocenters. The number of aliphatic imine (C=N–C) groups is 1. The van der Waals surface area contributed by atoms with Gasteiger partial charge in [0, 0.05) is 13.1 Å². The zero-order chi connectivity index (χ0) is 8.69. The molecule has 0 aliphatic carbocycles. The lowest BCUT2D eigenvalue weighted by Crippen LogP contribution is -2.18. The van der Waals surface area contributed by atoms with Gasteiger partial charge in [-0.05, 0) is 6.92 Å². The van der Waals surface area contributed by atoms with Crippen LogP contribution < -0.4 is 0 Å². The van der Waals surface area contributed by atoms with Gasteiger partial charge in [0.2, 0.25) is 0 Å². The highest BCUT2D eigenvalue weighted by molar-refractivity contribution is 5.56. The van der Waals surface area contributed by atoms with Crippen molar-refractivity contribution in [3.05, 3.63) is 10.1 Å². The molecule has 1 N–H and O–H groups in total. The van der Waals surface area contributed by atoms with Crippen LogP contribution in [0.2, 0.25) is 0 Å². The fourth-order valence-electron chi connectivity index (χ4n) is 0.657. The van der Waals surface area contributed by atoms with E-state index in [4.69, 9.17) is 15.3 Å². The van der Waals surface area contributed by atoms with E-state index in [-0.39, 0.29) is 0 Å². The van der Waals surface area contributed by atoms with Gasteiger partial charge < -0.3 is 10.1 Å². The molecule has 11 heavy (non-hydrogen) atoms. The molecule has 0 aromatic carbocycles. The normalized spacial score (nSPS) is 14.1. The first-order valence-electron chi connectivity index (χ1n) is 3.24. The van der Waals surface area contributed by atoms with Crippen LogP contribution in [-0.4, -0.2) is 41.2 Å². The van der Waals surface area contributed by atoms with E-state index in [1.165, 1.54) is 0 Å². The summed E-state index contributed by atoms with van der Waals surface area (Å²) in [6.07, 6.45) is 1.92. The van der Waals surface area contributed by atoms with Crippen LogP contribution in [0.4, 0.5) is 0 Å². The van der Waals surface area contributed by atoms with Gasteiger partial charge in [0.05, 0.1) is 12.9 Å². The molecule has 1 rings (SSSR count). The lowest BCUT2D eigenvalue weighted by atomic mass is 10.6. The van der Waals surface area contributed by atoms with E-state index in [9.17, 15) is 0 Å². The number of likely N-dealkylation sites (N-methyl/N-ethyl adjacent to an activating group) is 1. The SMILES string of the molecule is CCN1C=NCC1.O=[N+]([O-])O. The van der Waals surface area contributed by atoms with Gasteiger partial charge in [-0.1, -0.05) is 0 Å². The Morgan fingerprint density at radius 1 is 1.91 bits per heavy atom. The van der Waals surface area contributed by atoms with E-state index >= 15 is 0 Å². The summed E-state index contributed by atoms with van der Waals surface area (Å²) in [5, 5.41) is 13.6. The van der Waals surface area contributed by atoms with Crippen molar-refractivity contribution >= 4 is 6.34 Å². The summed E-state index contributed by atoms with van der Waals surface area (Å²) in [6, 6.07) is 0. The predicted molar refractivity (Wildman–Crippen MR) is 39.4 cm³/mol. The smallest absolute Gasteiger partial charge is 0.291 e. The molecule has 0 saturated heterocycles. The zero-order valence-corrected chi connectivity index (χ0v) is 6.30. The maximum absolute atomic E-state index is 8.36. The summed E-state index contributed by atoms with van der Waals surface area (Å²) in [5.41, 5.74) is 0. The fraction of sp³-hybridized carbons (Fsp3) is 0.800. The van der Waals surface area contributed by atoms with Gasteiger partial charge in [0.1, 0.15) is 0 Å². The Hall–Kier alpha value is -1.33. The molecule has 1 aliphatic rings. The van der Waals surface area contributed by atoms with Crippen LogP contribution in [0.3, 0.4) is 0 Å². The van der Waals surface area contributed by atoms with E-state index in [1.807, 2.05) is 6.34 Å². The molecule has 1 aliphatic heterocycles. The average Bonchev–Trinajstić information content (AvgIpc) is 2.36. The van der Waals surface area contributed by atoms with Crippen LogP contribution in [0, 0.1) is 10.1 Å². The van der Waals surface area contributed by atoms with E-state index in [0.29, 0.717) is 0 Å². The topological polar surface area (TPSA) is 79.0 Å². The third-order valence-corrected chi connectivity index (χ3v) is 1.17. The Bertz CT molecular complexity index is 144. The van der Waals surface area contributed by atoms with E-state index in [2.05, 4.69) is 16.8 Å². The Labute approximate surface area is 64.3 Å². The van der Waals surface area contributed by atoms with Crippen molar-refractivity contribution in [1.29, 1.82) is 0 Å². The first-order valence-corrected chi connectivity index (χ1v) is 3.24. The van der Waals surface area contributed by atoms with Crippen LogP contribution >= 0.6 is 0 Å². The molecule has 1 heterocycles. The highest BCUT2D eigenvalue weighted by Crippen LogP contribution is 1.89. The highest BCUT2D eigenvalue weighted by atomic mass is 16.9. The van der Waals surface area contributed by atoms with E-state index < -0.39 is 5.09 Å². The number of rotatable bonds is 1. The Balaban J connectivity index is 0.000000218. The monoisotopic (exact) mass is 161 g/mol. The van der Waals surface area contributed by atoms with Crippen LogP contribution in [0.25, 0.3) is 0 Å². The molecule has 0 aromatic heterocycles. The highest BCUT2D eigenvalue weighted by Gasteiger charge is 1.98. The second-order valence-electron chi connectivity index (χ2n) is 1.89. The minimum Gasteiger partial charge on any atom is -0.361 e. The molecule has 6 heteroatoms. The zero-order valence-electron chi connectivity index (χ0n) is 6.30. The van der Waals surface area contributed by atoms with Crippen molar-refractivity contribution in [2.75, 3.05) is 19.6 Å². The third-order valence-electron chi connectivity index (χ3n) is 1.17. The number of hydrogen-bond donors (Lipinski definition) is 1. The number of hydrogen-bond acceptors (Lipinski definition) is 4. The van der Waals surface area contributed by atoms with Gasteiger partial charge in [-0.2, -0.15) is 0 Å². The first kappa shape index (κ1) is 9.67. The molecule has 0 aromatic rings. The summed E-state index contributed by atoms with van der Waals surface area (Å²) in [6.45, 7) is 5.35. The third kappa shape index (κ3) is 6.56. The Kier molecular flexibility index (Phi) is 4.80. The first-order chi connectivity index (χ1) is 5.16. The Morgan fingerprint density at radius 2 is 2.45 bits per heavy atom. The summed E-state index contributed by atoms with van der Waals surface area (Å²) < 4.78 is 0. The average molecular weight is 161 g/mol. The van der Waals surface area contributed by atoms with Crippen LogP contribution in [0.1, 0.15) is 6.92 Å². The Morgan fingerprint density at radius 3 is 2.64 bits per heavy atom. The second-order valence-corrected chi connectivity index (χ2v) is 1.89. The van der Waals surface area contributed by atoms with Gasteiger partial charge in [-0.25, -0.2) is 0 Å². The maximum atomic E-state index is 8.36. The molecule has 0 unspecified atom stereocenters. The van der Waals surface area contributed by atoms with Crippen LogP contribution in [0.5, 0.6) is 0 Å². The van der Waals surface area contributed by atoms with Crippen molar-refractivity contribution in [1.82, 2.24) is 4.90 Å². The molecule has 0 amide bonds. The lowest BCUT2D eigenvalue weighted by molar-refractivity contribution is -0.742. The van der Waals surface area contributed by atoms with E-state index in [1.54, 1.807) is 0 Å². The van der Waals surface area contributed by atoms with Crippen molar-refractivity contribution in [3.63, 3.8) is 0 Å². The molecule has 0 bridgehead atoms. The van der Waals surface area contributed by atoms with Crippen molar-refractivity contribution in [3.8, 4) is 0 Å². The standard InChI is InChI=1S/C5H10N2.HNO3/c1-2-7-4-3-6-5-7;2-1(3)4/h5H,2-4H2,1H3;(H,2,3,4). The molecule has 0 fully saturated rings. The van der Waals surface area contributed by atoms with Crippen LogP contribution in [0.15, 0.2) is 4.99 Å². The molecular weight excluding hydrogens is 150 g/mol. The van der Waals surface area contributed by atoms with Crippen molar-refractivity contribution in [2.45, 2.75) is 6.92 Å². The lowest BCUT2D eigenvalue weighted by Gasteiger charge is -2.07. The van der Waals surface area contributed by atoms with Gasteiger partial charge in [-0.15, -0.1) is 10.1 Å². The molecule has 0 saturated carbocycles. The molecule has 6 nitrogen and oxygen atoms in total. The molecule has 0 radical (unpaired) electrons. The largest absolute Gasteiger partial charge is 0.361 e. The summed E-state index contributed by atoms with van der Waals surface area (Å²) in [5.74, 6) is 0. The predicted octanol–water partition coefficient (Wildman–Crippen LogP) is 0.00250. The van der Waals surface area contributed by atoms with Gasteiger partial charge in [0.25, 0.3) is 5.09 Å². The van der Waals surface area contributed by atoms with Gasteiger partial charge >= 0.3 is 0 Å². The minimum atomic E-state index is -1.50. The fourth-order valence-corrected chi connectivity index (χ4v) is 0.657. The van der Waals surface area contributed by atoms with Crippen molar-refractivity contribution in [2.24, 2.45) is 4.99 Å². The molecular formula is C5H11N3O3. The second kappa shape index (κ2) is 5.45. The summed E-state index contributed by atoms with van der Waals surface area (Å²) in [7, 11) is 0. The maximum Gasteiger partial charge on any atom is 0.291 e. The van der Waals surface area contributed by atoms with Crippen LogP contribution in [-0.2, 0) is 0 Å². The molecule has 64 valence electrons. The quantitative estimate of drug-likeness (QED) is 0.433.